The fourth-order valence-corrected chi connectivity index (χ4v) is 1.87. The molecule has 0 spiro atoms. The maximum Gasteiger partial charge on any atom is 0.253 e. The van der Waals surface area contributed by atoms with Crippen molar-refractivity contribution in [1.29, 1.82) is 5.26 Å². The third-order valence-electron chi connectivity index (χ3n) is 3.01. The van der Waals surface area contributed by atoms with Crippen molar-refractivity contribution in [2.45, 2.75) is 6.42 Å². The number of likely N-dealkylation sites (N-methyl/N-ethyl adjacent to an activating group) is 1. The van der Waals surface area contributed by atoms with E-state index in [0.717, 1.165) is 5.69 Å². The van der Waals surface area contributed by atoms with Crippen LogP contribution in [0.1, 0.15) is 21.6 Å². The van der Waals surface area contributed by atoms with Crippen molar-refractivity contribution in [3.8, 4) is 6.07 Å². The molecule has 1 heterocycles. The summed E-state index contributed by atoms with van der Waals surface area (Å²) in [4.78, 5) is 18.1. The molecule has 20 heavy (non-hydrogen) atoms. The SMILES string of the molecule is CN(CCc1ccccn1)C(=O)c1cccc(C#N)c1. The van der Waals surface area contributed by atoms with Gasteiger partial charge in [0.05, 0.1) is 11.6 Å². The first-order chi connectivity index (χ1) is 9.70. The van der Waals surface area contributed by atoms with Crippen molar-refractivity contribution in [2.24, 2.45) is 0 Å². The van der Waals surface area contributed by atoms with Crippen LogP contribution in [-0.4, -0.2) is 29.4 Å². The Kier molecular flexibility index (Phi) is 4.46. The average Bonchev–Trinajstić information content (AvgIpc) is 2.53. The van der Waals surface area contributed by atoms with Crippen molar-refractivity contribution in [3.05, 3.63) is 65.5 Å². The summed E-state index contributed by atoms with van der Waals surface area (Å²) in [6.45, 7) is 0.590. The maximum absolute atomic E-state index is 12.2. The molecular formula is C16H15N3O. The Bertz CT molecular complexity index is 632. The van der Waals surface area contributed by atoms with Gasteiger partial charge in [-0.05, 0) is 30.3 Å². The highest BCUT2D eigenvalue weighted by Crippen LogP contribution is 2.07. The number of nitriles is 1. The number of benzene rings is 1. The van der Waals surface area contributed by atoms with Crippen LogP contribution in [0.4, 0.5) is 0 Å². The van der Waals surface area contributed by atoms with Crippen LogP contribution in [0.3, 0.4) is 0 Å². The summed E-state index contributed by atoms with van der Waals surface area (Å²) >= 11 is 0. The number of pyridine rings is 1. The number of hydrogen-bond acceptors (Lipinski definition) is 3. The second-order valence-electron chi connectivity index (χ2n) is 4.49. The summed E-state index contributed by atoms with van der Waals surface area (Å²) in [5, 5.41) is 8.85. The lowest BCUT2D eigenvalue weighted by molar-refractivity contribution is 0.0796. The van der Waals surface area contributed by atoms with Crippen LogP contribution >= 0.6 is 0 Å². The van der Waals surface area contributed by atoms with Crippen LogP contribution < -0.4 is 0 Å². The van der Waals surface area contributed by atoms with E-state index < -0.39 is 0 Å². The second-order valence-corrected chi connectivity index (χ2v) is 4.49. The van der Waals surface area contributed by atoms with Gasteiger partial charge in [0, 0.05) is 37.5 Å². The molecule has 0 unspecified atom stereocenters. The number of rotatable bonds is 4. The van der Waals surface area contributed by atoms with Gasteiger partial charge in [-0.1, -0.05) is 12.1 Å². The maximum atomic E-state index is 12.2. The van der Waals surface area contributed by atoms with E-state index in [-0.39, 0.29) is 5.91 Å². The fraction of sp³-hybridized carbons (Fsp3) is 0.188. The first kappa shape index (κ1) is 13.8. The predicted molar refractivity (Wildman–Crippen MR) is 76.1 cm³/mol. The number of nitrogens with zero attached hydrogens (tertiary/aromatic N) is 3. The molecule has 0 fully saturated rings. The van der Waals surface area contributed by atoms with Crippen molar-refractivity contribution in [3.63, 3.8) is 0 Å². The fourth-order valence-electron chi connectivity index (χ4n) is 1.87. The van der Waals surface area contributed by atoms with E-state index in [1.165, 1.54) is 0 Å². The zero-order chi connectivity index (χ0) is 14.4. The van der Waals surface area contributed by atoms with Gasteiger partial charge in [-0.15, -0.1) is 0 Å². The molecule has 2 aromatic rings. The van der Waals surface area contributed by atoms with E-state index in [0.29, 0.717) is 24.1 Å². The molecule has 0 radical (unpaired) electrons. The number of carbonyl (C=O) groups excluding carboxylic acids is 1. The lowest BCUT2D eigenvalue weighted by Crippen LogP contribution is -2.29. The predicted octanol–water partition coefficient (Wildman–Crippen LogP) is 2.27. The molecule has 1 aromatic heterocycles. The topological polar surface area (TPSA) is 57.0 Å². The summed E-state index contributed by atoms with van der Waals surface area (Å²) in [6.07, 6.45) is 2.45. The van der Waals surface area contributed by atoms with Crippen LogP contribution in [0.5, 0.6) is 0 Å². The monoisotopic (exact) mass is 265 g/mol. The lowest BCUT2D eigenvalue weighted by Gasteiger charge is -2.17. The van der Waals surface area contributed by atoms with Crippen LogP contribution in [0.15, 0.2) is 48.7 Å². The molecule has 0 bridgehead atoms. The first-order valence-corrected chi connectivity index (χ1v) is 6.36. The molecule has 2 rings (SSSR count). The molecular weight excluding hydrogens is 250 g/mol. The molecule has 0 aliphatic heterocycles. The number of carbonyl (C=O) groups is 1. The largest absolute Gasteiger partial charge is 0.341 e. The Hall–Kier alpha value is -2.67. The quantitative estimate of drug-likeness (QED) is 0.852. The van der Waals surface area contributed by atoms with E-state index in [4.69, 9.17) is 5.26 Å². The first-order valence-electron chi connectivity index (χ1n) is 6.36. The van der Waals surface area contributed by atoms with E-state index >= 15 is 0 Å². The molecule has 0 saturated heterocycles. The Morgan fingerprint density at radius 2 is 2.15 bits per heavy atom. The number of hydrogen-bond donors (Lipinski definition) is 0. The molecule has 100 valence electrons. The Labute approximate surface area is 118 Å². The van der Waals surface area contributed by atoms with Crippen molar-refractivity contribution in [1.82, 2.24) is 9.88 Å². The highest BCUT2D eigenvalue weighted by Gasteiger charge is 2.12. The van der Waals surface area contributed by atoms with Gasteiger partial charge in [0.15, 0.2) is 0 Å². The van der Waals surface area contributed by atoms with Gasteiger partial charge in [0.1, 0.15) is 0 Å². The Morgan fingerprint density at radius 1 is 1.30 bits per heavy atom. The number of aromatic nitrogens is 1. The summed E-state index contributed by atoms with van der Waals surface area (Å²) in [7, 11) is 1.75. The molecule has 0 aliphatic rings. The zero-order valence-corrected chi connectivity index (χ0v) is 11.3. The third-order valence-corrected chi connectivity index (χ3v) is 3.01. The van der Waals surface area contributed by atoms with Gasteiger partial charge in [-0.3, -0.25) is 9.78 Å². The molecule has 0 atom stereocenters. The molecule has 0 saturated carbocycles. The van der Waals surface area contributed by atoms with Gasteiger partial charge >= 0.3 is 0 Å². The molecule has 1 aromatic carbocycles. The molecule has 4 nitrogen and oxygen atoms in total. The molecule has 0 aliphatic carbocycles. The Balaban J connectivity index is 2.00. The van der Waals surface area contributed by atoms with Crippen LogP contribution in [-0.2, 0) is 6.42 Å². The standard InChI is InChI=1S/C16H15N3O/c1-19(10-8-15-7-2-3-9-18-15)16(20)14-6-4-5-13(11-14)12-17/h2-7,9,11H,8,10H2,1H3. The highest BCUT2D eigenvalue weighted by atomic mass is 16.2. The molecule has 1 amide bonds. The van der Waals surface area contributed by atoms with Crippen LogP contribution in [0.2, 0.25) is 0 Å². The van der Waals surface area contributed by atoms with Crippen molar-refractivity contribution in [2.75, 3.05) is 13.6 Å². The lowest BCUT2D eigenvalue weighted by atomic mass is 10.1. The second kappa shape index (κ2) is 6.48. The summed E-state index contributed by atoms with van der Waals surface area (Å²) in [6, 6.07) is 14.5. The van der Waals surface area contributed by atoms with Gasteiger partial charge in [-0.2, -0.15) is 5.26 Å². The molecule has 4 heteroatoms. The highest BCUT2D eigenvalue weighted by molar-refractivity contribution is 5.94. The normalized spacial score (nSPS) is 9.80. The Morgan fingerprint density at radius 3 is 2.85 bits per heavy atom. The minimum atomic E-state index is -0.0852. The summed E-state index contributed by atoms with van der Waals surface area (Å²) in [5.41, 5.74) is 1.99. The summed E-state index contributed by atoms with van der Waals surface area (Å²) < 4.78 is 0. The van der Waals surface area contributed by atoms with Gasteiger partial charge in [-0.25, -0.2) is 0 Å². The van der Waals surface area contributed by atoms with Gasteiger partial charge < -0.3 is 4.90 Å². The minimum Gasteiger partial charge on any atom is -0.341 e. The smallest absolute Gasteiger partial charge is 0.253 e. The minimum absolute atomic E-state index is 0.0852. The van der Waals surface area contributed by atoms with E-state index in [1.54, 1.807) is 42.4 Å². The van der Waals surface area contributed by atoms with Crippen molar-refractivity contribution < 1.29 is 4.79 Å². The average molecular weight is 265 g/mol. The third kappa shape index (κ3) is 3.42. The molecule has 0 N–H and O–H groups in total. The summed E-state index contributed by atoms with van der Waals surface area (Å²) in [5.74, 6) is -0.0852. The van der Waals surface area contributed by atoms with Crippen LogP contribution in [0.25, 0.3) is 0 Å². The van der Waals surface area contributed by atoms with Crippen molar-refractivity contribution >= 4 is 5.91 Å². The van der Waals surface area contributed by atoms with E-state index in [2.05, 4.69) is 4.98 Å². The van der Waals surface area contributed by atoms with E-state index in [9.17, 15) is 4.79 Å². The van der Waals surface area contributed by atoms with Gasteiger partial charge in [0.2, 0.25) is 0 Å². The zero-order valence-electron chi connectivity index (χ0n) is 11.3. The van der Waals surface area contributed by atoms with Gasteiger partial charge in [0.25, 0.3) is 5.91 Å². The van der Waals surface area contributed by atoms with E-state index in [1.807, 2.05) is 24.3 Å². The number of amides is 1. The van der Waals surface area contributed by atoms with Crippen LogP contribution in [0, 0.1) is 11.3 Å².